The number of benzene rings is 2. The Morgan fingerprint density at radius 2 is 1.87 bits per heavy atom. The van der Waals surface area contributed by atoms with E-state index in [4.69, 9.17) is 0 Å². The second-order valence-corrected chi connectivity index (χ2v) is 3.32. The number of carbonyl (C=O) groups is 1. The second-order valence-electron chi connectivity index (χ2n) is 3.32. The van der Waals surface area contributed by atoms with Crippen LogP contribution in [0.25, 0.3) is 10.8 Å². The van der Waals surface area contributed by atoms with E-state index >= 15 is 0 Å². The maximum absolute atomic E-state index is 13.4. The number of halogens is 2. The SMILES string of the molecule is CC(=O)c1c(F)c(F)cc2ccccc12. The molecule has 3 heteroatoms. The molecule has 2 rings (SSSR count). The standard InChI is InChI=1S/C12H8F2O/c1-7(15)11-9-5-3-2-4-8(9)6-10(13)12(11)14/h2-6H,1H3. The lowest BCUT2D eigenvalue weighted by Crippen LogP contribution is -2.01. The van der Waals surface area contributed by atoms with Crippen LogP contribution in [0.5, 0.6) is 0 Å². The lowest BCUT2D eigenvalue weighted by molar-refractivity contribution is 0.101. The third-order valence-corrected chi connectivity index (χ3v) is 2.29. The molecule has 0 aromatic heterocycles. The quantitative estimate of drug-likeness (QED) is 0.654. The molecule has 0 radical (unpaired) electrons. The van der Waals surface area contributed by atoms with Gasteiger partial charge in [-0.1, -0.05) is 24.3 Å². The fourth-order valence-corrected chi connectivity index (χ4v) is 1.63. The van der Waals surface area contributed by atoms with Crippen molar-refractivity contribution in [3.8, 4) is 0 Å². The van der Waals surface area contributed by atoms with Crippen molar-refractivity contribution in [2.24, 2.45) is 0 Å². The molecule has 76 valence electrons. The molecule has 0 aliphatic rings. The van der Waals surface area contributed by atoms with Gasteiger partial charge in [-0.15, -0.1) is 0 Å². The number of fused-ring (bicyclic) bond motifs is 1. The average molecular weight is 206 g/mol. The molecular formula is C12H8F2O. The van der Waals surface area contributed by atoms with Gasteiger partial charge in [0.05, 0.1) is 5.56 Å². The summed E-state index contributed by atoms with van der Waals surface area (Å²) in [6, 6.07) is 7.74. The van der Waals surface area contributed by atoms with Gasteiger partial charge in [0.25, 0.3) is 0 Å². The maximum Gasteiger partial charge on any atom is 0.170 e. The van der Waals surface area contributed by atoms with Crippen molar-refractivity contribution in [2.75, 3.05) is 0 Å². The first-order valence-corrected chi connectivity index (χ1v) is 4.49. The summed E-state index contributed by atoms with van der Waals surface area (Å²) in [6.07, 6.45) is 0. The third-order valence-electron chi connectivity index (χ3n) is 2.29. The third kappa shape index (κ3) is 1.50. The molecule has 15 heavy (non-hydrogen) atoms. The fourth-order valence-electron chi connectivity index (χ4n) is 1.63. The van der Waals surface area contributed by atoms with Crippen LogP contribution < -0.4 is 0 Å². The number of hydrogen-bond acceptors (Lipinski definition) is 1. The van der Waals surface area contributed by atoms with Crippen LogP contribution in [0.2, 0.25) is 0 Å². The van der Waals surface area contributed by atoms with Crippen molar-refractivity contribution in [3.05, 3.63) is 47.5 Å². The average Bonchev–Trinajstić information content (AvgIpc) is 2.19. The first-order chi connectivity index (χ1) is 7.11. The van der Waals surface area contributed by atoms with E-state index in [2.05, 4.69) is 0 Å². The highest BCUT2D eigenvalue weighted by molar-refractivity contribution is 6.07. The van der Waals surface area contributed by atoms with Gasteiger partial charge in [0.1, 0.15) is 0 Å². The minimum Gasteiger partial charge on any atom is -0.294 e. The van der Waals surface area contributed by atoms with Crippen LogP contribution in [0.4, 0.5) is 8.78 Å². The van der Waals surface area contributed by atoms with Gasteiger partial charge in [0.15, 0.2) is 17.4 Å². The van der Waals surface area contributed by atoms with Crippen molar-refractivity contribution >= 4 is 16.6 Å². The minimum atomic E-state index is -1.07. The van der Waals surface area contributed by atoms with Gasteiger partial charge in [-0.05, 0) is 23.8 Å². The van der Waals surface area contributed by atoms with Crippen LogP contribution in [-0.2, 0) is 0 Å². The Morgan fingerprint density at radius 1 is 1.20 bits per heavy atom. The molecule has 0 bridgehead atoms. The Kier molecular flexibility index (Phi) is 2.23. The monoisotopic (exact) mass is 206 g/mol. The van der Waals surface area contributed by atoms with E-state index in [1.807, 2.05) is 0 Å². The lowest BCUT2D eigenvalue weighted by atomic mass is 10.0. The Morgan fingerprint density at radius 3 is 2.53 bits per heavy atom. The molecule has 2 aromatic rings. The van der Waals surface area contributed by atoms with Crippen molar-refractivity contribution < 1.29 is 13.6 Å². The normalized spacial score (nSPS) is 10.6. The van der Waals surface area contributed by atoms with Crippen LogP contribution in [-0.4, -0.2) is 5.78 Å². The first-order valence-electron chi connectivity index (χ1n) is 4.49. The van der Waals surface area contributed by atoms with Crippen LogP contribution >= 0.6 is 0 Å². The number of hydrogen-bond donors (Lipinski definition) is 0. The number of carbonyl (C=O) groups excluding carboxylic acids is 1. The Hall–Kier alpha value is -1.77. The van der Waals surface area contributed by atoms with E-state index in [9.17, 15) is 13.6 Å². The molecule has 0 fully saturated rings. The zero-order valence-corrected chi connectivity index (χ0v) is 8.05. The van der Waals surface area contributed by atoms with E-state index in [1.165, 1.54) is 6.92 Å². The zero-order chi connectivity index (χ0) is 11.0. The number of rotatable bonds is 1. The molecule has 0 aliphatic heterocycles. The maximum atomic E-state index is 13.4. The first kappa shape index (κ1) is 9.77. The highest BCUT2D eigenvalue weighted by atomic mass is 19.2. The number of ketones is 1. The zero-order valence-electron chi connectivity index (χ0n) is 8.05. The predicted molar refractivity (Wildman–Crippen MR) is 53.9 cm³/mol. The summed E-state index contributed by atoms with van der Waals surface area (Å²) in [5, 5.41) is 0.977. The van der Waals surface area contributed by atoms with Crippen LogP contribution in [0.1, 0.15) is 17.3 Å². The molecule has 0 N–H and O–H groups in total. The van der Waals surface area contributed by atoms with Gasteiger partial charge in [-0.2, -0.15) is 0 Å². The van der Waals surface area contributed by atoms with Gasteiger partial charge in [0, 0.05) is 0 Å². The summed E-state index contributed by atoms with van der Waals surface area (Å²) in [5.74, 6) is -2.52. The molecule has 0 unspecified atom stereocenters. The molecular weight excluding hydrogens is 198 g/mol. The van der Waals surface area contributed by atoms with Gasteiger partial charge >= 0.3 is 0 Å². The summed E-state index contributed by atoms with van der Waals surface area (Å²) in [5.41, 5.74) is -0.175. The molecule has 0 aliphatic carbocycles. The van der Waals surface area contributed by atoms with Gasteiger partial charge < -0.3 is 0 Å². The van der Waals surface area contributed by atoms with Crippen molar-refractivity contribution in [1.82, 2.24) is 0 Å². The highest BCUT2D eigenvalue weighted by Gasteiger charge is 2.16. The minimum absolute atomic E-state index is 0.175. The van der Waals surface area contributed by atoms with E-state index in [1.54, 1.807) is 24.3 Å². The van der Waals surface area contributed by atoms with E-state index in [0.717, 1.165) is 6.07 Å². The molecule has 0 saturated heterocycles. The van der Waals surface area contributed by atoms with Crippen LogP contribution in [0.15, 0.2) is 30.3 Å². The predicted octanol–water partition coefficient (Wildman–Crippen LogP) is 3.32. The van der Waals surface area contributed by atoms with Crippen molar-refractivity contribution in [1.29, 1.82) is 0 Å². The molecule has 0 spiro atoms. The van der Waals surface area contributed by atoms with E-state index in [0.29, 0.717) is 10.8 Å². The summed E-state index contributed by atoms with van der Waals surface area (Å²) < 4.78 is 26.5. The van der Waals surface area contributed by atoms with Crippen LogP contribution in [0.3, 0.4) is 0 Å². The van der Waals surface area contributed by atoms with Crippen molar-refractivity contribution in [2.45, 2.75) is 6.92 Å². The molecule has 0 saturated carbocycles. The Labute approximate surface area is 85.3 Å². The number of Topliss-reactive ketones (excluding diaryl/α,β-unsaturated/α-hetero) is 1. The summed E-state index contributed by atoms with van der Waals surface area (Å²) in [7, 11) is 0. The lowest BCUT2D eigenvalue weighted by Gasteiger charge is -2.05. The topological polar surface area (TPSA) is 17.1 Å². The summed E-state index contributed by atoms with van der Waals surface area (Å²) in [4.78, 5) is 11.2. The van der Waals surface area contributed by atoms with Gasteiger partial charge in [-0.3, -0.25) is 4.79 Å². The Bertz CT molecular complexity index is 547. The van der Waals surface area contributed by atoms with Gasteiger partial charge in [-0.25, -0.2) is 8.78 Å². The van der Waals surface area contributed by atoms with Crippen LogP contribution in [0, 0.1) is 11.6 Å². The smallest absolute Gasteiger partial charge is 0.170 e. The molecule has 2 aromatic carbocycles. The molecule has 0 atom stereocenters. The van der Waals surface area contributed by atoms with Crippen molar-refractivity contribution in [3.63, 3.8) is 0 Å². The highest BCUT2D eigenvalue weighted by Crippen LogP contribution is 2.24. The van der Waals surface area contributed by atoms with E-state index < -0.39 is 17.4 Å². The fraction of sp³-hybridized carbons (Fsp3) is 0.0833. The van der Waals surface area contributed by atoms with E-state index in [-0.39, 0.29) is 5.56 Å². The molecule has 1 nitrogen and oxygen atoms in total. The van der Waals surface area contributed by atoms with Gasteiger partial charge in [0.2, 0.25) is 0 Å². The molecule has 0 heterocycles. The molecule has 0 amide bonds. The largest absolute Gasteiger partial charge is 0.294 e. The second kappa shape index (κ2) is 3.42. The Balaban J connectivity index is 2.95. The summed E-state index contributed by atoms with van der Waals surface area (Å²) in [6.45, 7) is 1.23. The summed E-state index contributed by atoms with van der Waals surface area (Å²) >= 11 is 0.